The average Bonchev–Trinajstić information content (AvgIpc) is 2.68. The van der Waals surface area contributed by atoms with Gasteiger partial charge in [-0.15, -0.1) is 0 Å². The molecule has 0 amide bonds. The zero-order valence-electron chi connectivity index (χ0n) is 9.82. The van der Waals surface area contributed by atoms with Gasteiger partial charge in [0.2, 0.25) is 0 Å². The molecule has 2 atom stereocenters. The van der Waals surface area contributed by atoms with Crippen LogP contribution in [0.3, 0.4) is 0 Å². The molecule has 1 heterocycles. The van der Waals surface area contributed by atoms with Gasteiger partial charge in [0, 0.05) is 11.9 Å². The summed E-state index contributed by atoms with van der Waals surface area (Å²) in [5.74, 6) is 0.753. The van der Waals surface area contributed by atoms with Gasteiger partial charge in [-0.25, -0.2) is 8.42 Å². The minimum atomic E-state index is -2.95. The maximum atomic E-state index is 11.9. The van der Waals surface area contributed by atoms with Gasteiger partial charge in [0.05, 0.1) is 17.6 Å². The lowest BCUT2D eigenvalue weighted by atomic mass is 10.1. The Kier molecular flexibility index (Phi) is 6.29. The van der Waals surface area contributed by atoms with E-state index in [1.807, 2.05) is 0 Å². The van der Waals surface area contributed by atoms with Gasteiger partial charge >= 0.3 is 0 Å². The summed E-state index contributed by atoms with van der Waals surface area (Å²) in [6, 6.07) is 0. The lowest BCUT2D eigenvalue weighted by Gasteiger charge is -2.15. The van der Waals surface area contributed by atoms with E-state index in [1.165, 1.54) is 0 Å². The van der Waals surface area contributed by atoms with E-state index in [2.05, 4.69) is 22.9 Å². The van der Waals surface area contributed by atoms with Crippen molar-refractivity contribution in [3.05, 3.63) is 0 Å². The molecule has 3 nitrogen and oxygen atoms in total. The molecule has 0 aromatic carbocycles. The molecule has 0 radical (unpaired) electrons. The second kappa shape index (κ2) is 6.97. The van der Waals surface area contributed by atoms with Crippen LogP contribution in [-0.2, 0) is 14.6 Å². The van der Waals surface area contributed by atoms with Crippen LogP contribution in [0, 0.1) is 5.92 Å². The van der Waals surface area contributed by atoms with Crippen molar-refractivity contribution in [3.8, 4) is 0 Å². The molecule has 0 aliphatic carbocycles. The second-order valence-corrected chi connectivity index (χ2v) is 7.32. The highest BCUT2D eigenvalue weighted by Crippen LogP contribution is 2.18. The summed E-state index contributed by atoms with van der Waals surface area (Å²) in [7, 11) is -2.95. The molecule has 16 heavy (non-hydrogen) atoms. The van der Waals surface area contributed by atoms with E-state index in [0.29, 0.717) is 5.75 Å². The van der Waals surface area contributed by atoms with E-state index in [-0.39, 0.29) is 17.8 Å². The summed E-state index contributed by atoms with van der Waals surface area (Å²) in [6.45, 7) is 2.80. The zero-order chi connectivity index (χ0) is 12.0. The van der Waals surface area contributed by atoms with Crippen molar-refractivity contribution >= 4 is 25.8 Å². The molecular formula is C11H21BrO3S. The number of sulfone groups is 1. The number of alkyl halides is 1. The van der Waals surface area contributed by atoms with E-state index in [9.17, 15) is 8.42 Å². The van der Waals surface area contributed by atoms with Crippen LogP contribution in [0.2, 0.25) is 0 Å². The highest BCUT2D eigenvalue weighted by Gasteiger charge is 2.25. The van der Waals surface area contributed by atoms with Crippen molar-refractivity contribution in [2.24, 2.45) is 5.92 Å². The Morgan fingerprint density at radius 3 is 2.75 bits per heavy atom. The number of ether oxygens (including phenoxy) is 1. The molecule has 0 spiro atoms. The fourth-order valence-electron chi connectivity index (χ4n) is 2.10. The first kappa shape index (κ1) is 14.5. The molecule has 0 bridgehead atoms. The van der Waals surface area contributed by atoms with Crippen molar-refractivity contribution in [2.45, 2.75) is 38.7 Å². The molecule has 0 saturated carbocycles. The number of rotatable bonds is 7. The minimum absolute atomic E-state index is 0.0531. The highest BCUT2D eigenvalue weighted by molar-refractivity contribution is 9.09. The van der Waals surface area contributed by atoms with Crippen LogP contribution in [0.25, 0.3) is 0 Å². The van der Waals surface area contributed by atoms with E-state index in [4.69, 9.17) is 4.74 Å². The molecule has 1 aliphatic rings. The van der Waals surface area contributed by atoms with Crippen molar-refractivity contribution in [2.75, 3.05) is 23.4 Å². The fourth-order valence-corrected chi connectivity index (χ4v) is 4.92. The lowest BCUT2D eigenvalue weighted by molar-refractivity contribution is 0.127. The van der Waals surface area contributed by atoms with Crippen molar-refractivity contribution in [3.63, 3.8) is 0 Å². The van der Waals surface area contributed by atoms with Crippen molar-refractivity contribution in [1.29, 1.82) is 0 Å². The Balaban J connectivity index is 2.42. The van der Waals surface area contributed by atoms with Gasteiger partial charge in [-0.05, 0) is 25.2 Å². The van der Waals surface area contributed by atoms with Crippen molar-refractivity contribution < 1.29 is 13.2 Å². The monoisotopic (exact) mass is 312 g/mol. The Bertz CT molecular complexity index is 284. The standard InChI is InChI=1S/C11H21BrO3S/c1-2-4-10(7-12)8-16(13,14)9-11-5-3-6-15-11/h10-11H,2-9H2,1H3. The summed E-state index contributed by atoms with van der Waals surface area (Å²) >= 11 is 3.39. The summed E-state index contributed by atoms with van der Waals surface area (Å²) in [5.41, 5.74) is 0. The van der Waals surface area contributed by atoms with Gasteiger partial charge in [0.25, 0.3) is 0 Å². The van der Waals surface area contributed by atoms with Crippen molar-refractivity contribution in [1.82, 2.24) is 0 Å². The van der Waals surface area contributed by atoms with Gasteiger partial charge in [-0.2, -0.15) is 0 Å². The Hall–Kier alpha value is 0.390. The first-order valence-corrected chi connectivity index (χ1v) is 8.89. The van der Waals surface area contributed by atoms with Gasteiger partial charge in [-0.3, -0.25) is 0 Å². The second-order valence-electron chi connectivity index (χ2n) is 4.52. The molecule has 0 N–H and O–H groups in total. The molecule has 1 fully saturated rings. The molecule has 0 aromatic rings. The first-order chi connectivity index (χ1) is 7.57. The highest BCUT2D eigenvalue weighted by atomic mass is 79.9. The third-order valence-corrected chi connectivity index (χ3v) is 5.64. The SMILES string of the molecule is CCCC(CBr)CS(=O)(=O)CC1CCCO1. The Labute approximate surface area is 107 Å². The van der Waals surface area contributed by atoms with Crippen LogP contribution in [0.5, 0.6) is 0 Å². The van der Waals surface area contributed by atoms with Gasteiger partial charge in [0.15, 0.2) is 9.84 Å². The third kappa shape index (κ3) is 5.15. The molecule has 0 aromatic heterocycles. The summed E-state index contributed by atoms with van der Waals surface area (Å²) in [4.78, 5) is 0. The van der Waals surface area contributed by atoms with Gasteiger partial charge in [-0.1, -0.05) is 29.3 Å². The van der Waals surface area contributed by atoms with Crippen LogP contribution in [-0.4, -0.2) is 38.0 Å². The van der Waals surface area contributed by atoms with Gasteiger partial charge in [0.1, 0.15) is 0 Å². The zero-order valence-corrected chi connectivity index (χ0v) is 12.2. The number of hydrogen-bond acceptors (Lipinski definition) is 3. The predicted molar refractivity (Wildman–Crippen MR) is 69.8 cm³/mol. The smallest absolute Gasteiger partial charge is 0.153 e. The van der Waals surface area contributed by atoms with Crippen LogP contribution < -0.4 is 0 Å². The maximum absolute atomic E-state index is 11.9. The first-order valence-electron chi connectivity index (χ1n) is 5.95. The van der Waals surface area contributed by atoms with E-state index in [1.54, 1.807) is 0 Å². The molecular weight excluding hydrogens is 292 g/mol. The maximum Gasteiger partial charge on any atom is 0.153 e. The Morgan fingerprint density at radius 1 is 1.50 bits per heavy atom. The molecule has 5 heteroatoms. The Morgan fingerprint density at radius 2 is 2.25 bits per heavy atom. The minimum Gasteiger partial charge on any atom is -0.377 e. The number of halogens is 1. The summed E-state index contributed by atoms with van der Waals surface area (Å²) < 4.78 is 29.2. The van der Waals surface area contributed by atoms with Crippen LogP contribution in [0.15, 0.2) is 0 Å². The van der Waals surface area contributed by atoms with Crippen LogP contribution >= 0.6 is 15.9 Å². The van der Waals surface area contributed by atoms with E-state index in [0.717, 1.165) is 37.6 Å². The number of hydrogen-bond donors (Lipinski definition) is 0. The molecule has 96 valence electrons. The third-order valence-electron chi connectivity index (χ3n) is 2.87. The van der Waals surface area contributed by atoms with Crippen LogP contribution in [0.4, 0.5) is 0 Å². The quantitative estimate of drug-likeness (QED) is 0.678. The van der Waals surface area contributed by atoms with E-state index >= 15 is 0 Å². The topological polar surface area (TPSA) is 43.4 Å². The lowest BCUT2D eigenvalue weighted by Crippen LogP contribution is -2.26. The summed E-state index contributed by atoms with van der Waals surface area (Å²) in [6.07, 6.45) is 3.84. The largest absolute Gasteiger partial charge is 0.377 e. The van der Waals surface area contributed by atoms with Crippen LogP contribution in [0.1, 0.15) is 32.6 Å². The molecule has 2 unspecified atom stereocenters. The predicted octanol–water partition coefficient (Wildman–Crippen LogP) is 2.39. The van der Waals surface area contributed by atoms with E-state index < -0.39 is 9.84 Å². The fraction of sp³-hybridized carbons (Fsp3) is 1.00. The normalized spacial score (nSPS) is 23.5. The molecule has 1 rings (SSSR count). The van der Waals surface area contributed by atoms with Gasteiger partial charge < -0.3 is 4.74 Å². The summed E-state index contributed by atoms with van der Waals surface area (Å²) in [5, 5.41) is 0.769. The molecule has 1 saturated heterocycles. The average molecular weight is 313 g/mol. The molecule has 1 aliphatic heterocycles.